The van der Waals surface area contributed by atoms with E-state index in [0.29, 0.717) is 19.1 Å². The summed E-state index contributed by atoms with van der Waals surface area (Å²) in [5.41, 5.74) is 9.34. The largest absolute Gasteiger partial charge is 0.330 e. The van der Waals surface area contributed by atoms with E-state index in [1.54, 1.807) is 0 Å². The molecule has 19 heavy (non-hydrogen) atoms. The number of nitrogens with one attached hydrogen (secondary N) is 1. The summed E-state index contributed by atoms with van der Waals surface area (Å²) in [4.78, 5) is 17.4. The van der Waals surface area contributed by atoms with Gasteiger partial charge < -0.3 is 5.73 Å². The van der Waals surface area contributed by atoms with Gasteiger partial charge in [0.2, 0.25) is 5.91 Å². The lowest BCUT2D eigenvalue weighted by molar-refractivity contribution is -0.141. The Kier molecular flexibility index (Phi) is 5.36. The van der Waals surface area contributed by atoms with Crippen LogP contribution in [0.15, 0.2) is 30.3 Å². The van der Waals surface area contributed by atoms with Gasteiger partial charge >= 0.3 is 0 Å². The van der Waals surface area contributed by atoms with Gasteiger partial charge in [-0.3, -0.25) is 9.63 Å². The molecule has 0 bridgehead atoms. The van der Waals surface area contributed by atoms with Crippen molar-refractivity contribution in [1.82, 2.24) is 5.48 Å². The third-order valence-corrected chi connectivity index (χ3v) is 3.80. The van der Waals surface area contributed by atoms with Crippen LogP contribution in [0.25, 0.3) is 0 Å². The third kappa shape index (κ3) is 4.04. The molecule has 1 amide bonds. The van der Waals surface area contributed by atoms with E-state index >= 15 is 0 Å². The summed E-state index contributed by atoms with van der Waals surface area (Å²) in [6.45, 7) is 0.976. The summed E-state index contributed by atoms with van der Waals surface area (Å²) in [5.74, 6) is 0.287. The number of carbonyl (C=O) groups excluding carboxylic acids is 1. The zero-order valence-electron chi connectivity index (χ0n) is 11.2. The fourth-order valence-corrected chi connectivity index (χ4v) is 2.68. The highest BCUT2D eigenvalue weighted by Gasteiger charge is 2.29. The van der Waals surface area contributed by atoms with Crippen LogP contribution < -0.4 is 11.2 Å². The van der Waals surface area contributed by atoms with Gasteiger partial charge in [0, 0.05) is 5.92 Å². The van der Waals surface area contributed by atoms with Crippen molar-refractivity contribution in [1.29, 1.82) is 0 Å². The SMILES string of the molecule is NCC1CCCCC1C(=O)NOCc1ccccc1. The van der Waals surface area contributed by atoms with E-state index in [2.05, 4.69) is 5.48 Å². The number of hydrogen-bond donors (Lipinski definition) is 2. The number of hydrogen-bond acceptors (Lipinski definition) is 3. The highest BCUT2D eigenvalue weighted by atomic mass is 16.6. The van der Waals surface area contributed by atoms with Gasteiger partial charge in [-0.2, -0.15) is 0 Å². The summed E-state index contributed by atoms with van der Waals surface area (Å²) in [6, 6.07) is 9.79. The van der Waals surface area contributed by atoms with Crippen molar-refractivity contribution in [2.45, 2.75) is 32.3 Å². The van der Waals surface area contributed by atoms with E-state index in [-0.39, 0.29) is 11.8 Å². The molecule has 104 valence electrons. The minimum Gasteiger partial charge on any atom is -0.330 e. The van der Waals surface area contributed by atoms with Gasteiger partial charge in [-0.05, 0) is 30.9 Å². The molecule has 3 N–H and O–H groups in total. The number of nitrogens with two attached hydrogens (primary N) is 1. The molecule has 1 aliphatic carbocycles. The van der Waals surface area contributed by atoms with Crippen molar-refractivity contribution < 1.29 is 9.63 Å². The van der Waals surface area contributed by atoms with Crippen LogP contribution in [0, 0.1) is 11.8 Å². The number of amides is 1. The Balaban J connectivity index is 1.77. The molecule has 2 rings (SSSR count). The molecule has 2 unspecified atom stereocenters. The molecule has 1 aromatic rings. The Hall–Kier alpha value is -1.39. The van der Waals surface area contributed by atoms with Gasteiger partial charge in [0.15, 0.2) is 0 Å². The van der Waals surface area contributed by atoms with Crippen molar-refractivity contribution in [2.24, 2.45) is 17.6 Å². The van der Waals surface area contributed by atoms with Crippen LogP contribution in [0.2, 0.25) is 0 Å². The van der Waals surface area contributed by atoms with Crippen molar-refractivity contribution in [2.75, 3.05) is 6.54 Å². The summed E-state index contributed by atoms with van der Waals surface area (Å²) in [5, 5.41) is 0. The fraction of sp³-hybridized carbons (Fsp3) is 0.533. The lowest BCUT2D eigenvalue weighted by Gasteiger charge is -2.29. The highest BCUT2D eigenvalue weighted by Crippen LogP contribution is 2.29. The van der Waals surface area contributed by atoms with Gasteiger partial charge in [-0.1, -0.05) is 43.2 Å². The van der Waals surface area contributed by atoms with Gasteiger partial charge in [0.1, 0.15) is 0 Å². The predicted molar refractivity (Wildman–Crippen MR) is 73.9 cm³/mol. The van der Waals surface area contributed by atoms with Crippen molar-refractivity contribution in [3.8, 4) is 0 Å². The average molecular weight is 262 g/mol. The molecule has 0 heterocycles. The summed E-state index contributed by atoms with van der Waals surface area (Å²) in [7, 11) is 0. The topological polar surface area (TPSA) is 64.4 Å². The zero-order chi connectivity index (χ0) is 13.5. The standard InChI is InChI=1S/C15H22N2O2/c16-10-13-8-4-5-9-14(13)15(18)17-19-11-12-6-2-1-3-7-12/h1-3,6-7,13-14H,4-5,8-11,16H2,(H,17,18). The maximum atomic E-state index is 12.1. The first-order valence-corrected chi connectivity index (χ1v) is 6.97. The third-order valence-electron chi connectivity index (χ3n) is 3.80. The normalized spacial score (nSPS) is 23.0. The molecule has 0 saturated heterocycles. The van der Waals surface area contributed by atoms with Crippen LogP contribution >= 0.6 is 0 Å². The van der Waals surface area contributed by atoms with Crippen LogP contribution in [0.4, 0.5) is 0 Å². The lowest BCUT2D eigenvalue weighted by Crippen LogP contribution is -2.39. The fourth-order valence-electron chi connectivity index (χ4n) is 2.68. The Morgan fingerprint density at radius 3 is 2.74 bits per heavy atom. The Morgan fingerprint density at radius 1 is 1.26 bits per heavy atom. The second-order valence-electron chi connectivity index (χ2n) is 5.13. The Bertz CT molecular complexity index is 394. The van der Waals surface area contributed by atoms with Gasteiger partial charge in [0.25, 0.3) is 0 Å². The van der Waals surface area contributed by atoms with Gasteiger partial charge in [-0.25, -0.2) is 5.48 Å². The van der Waals surface area contributed by atoms with E-state index in [9.17, 15) is 4.79 Å². The summed E-state index contributed by atoms with van der Waals surface area (Å²) in [6.07, 6.45) is 4.25. The molecule has 4 nitrogen and oxygen atoms in total. The lowest BCUT2D eigenvalue weighted by atomic mass is 9.79. The molecule has 1 fully saturated rings. The first-order chi connectivity index (χ1) is 9.31. The number of rotatable bonds is 5. The van der Waals surface area contributed by atoms with Crippen LogP contribution in [-0.2, 0) is 16.2 Å². The number of carbonyl (C=O) groups is 1. The molecule has 0 spiro atoms. The van der Waals surface area contributed by atoms with Crippen LogP contribution in [0.5, 0.6) is 0 Å². The second-order valence-corrected chi connectivity index (χ2v) is 5.13. The molecule has 0 aromatic heterocycles. The van der Waals surface area contributed by atoms with E-state index in [4.69, 9.17) is 10.6 Å². The molecule has 1 saturated carbocycles. The predicted octanol–water partition coefficient (Wildman–Crippen LogP) is 2.00. The molecule has 2 atom stereocenters. The minimum absolute atomic E-state index is 0.00882. The smallest absolute Gasteiger partial charge is 0.246 e. The molecule has 0 aliphatic heterocycles. The van der Waals surface area contributed by atoms with Crippen LogP contribution in [-0.4, -0.2) is 12.5 Å². The number of benzene rings is 1. The van der Waals surface area contributed by atoms with Crippen molar-refractivity contribution in [3.05, 3.63) is 35.9 Å². The molecule has 1 aliphatic rings. The molecule has 0 radical (unpaired) electrons. The quantitative estimate of drug-likeness (QED) is 0.798. The average Bonchev–Trinajstić information content (AvgIpc) is 2.48. The van der Waals surface area contributed by atoms with E-state index < -0.39 is 0 Å². The highest BCUT2D eigenvalue weighted by molar-refractivity contribution is 5.78. The molecular formula is C15H22N2O2. The second kappa shape index (κ2) is 7.26. The van der Waals surface area contributed by atoms with Crippen LogP contribution in [0.1, 0.15) is 31.2 Å². The van der Waals surface area contributed by atoms with E-state index in [1.165, 1.54) is 6.42 Å². The Morgan fingerprint density at radius 2 is 2.00 bits per heavy atom. The van der Waals surface area contributed by atoms with E-state index in [1.807, 2.05) is 30.3 Å². The maximum Gasteiger partial charge on any atom is 0.246 e. The number of hydroxylamine groups is 1. The zero-order valence-corrected chi connectivity index (χ0v) is 11.2. The molecule has 4 heteroatoms. The summed E-state index contributed by atoms with van der Waals surface area (Å²) >= 11 is 0. The van der Waals surface area contributed by atoms with Gasteiger partial charge in [0.05, 0.1) is 6.61 Å². The maximum absolute atomic E-state index is 12.1. The van der Waals surface area contributed by atoms with Crippen molar-refractivity contribution in [3.63, 3.8) is 0 Å². The first kappa shape index (κ1) is 14.0. The Labute approximate surface area is 114 Å². The minimum atomic E-state index is -0.0221. The van der Waals surface area contributed by atoms with Crippen molar-refractivity contribution >= 4 is 5.91 Å². The van der Waals surface area contributed by atoms with E-state index in [0.717, 1.165) is 24.8 Å². The summed E-state index contributed by atoms with van der Waals surface area (Å²) < 4.78 is 0. The first-order valence-electron chi connectivity index (χ1n) is 6.97. The monoisotopic (exact) mass is 262 g/mol. The molecule has 1 aromatic carbocycles. The van der Waals surface area contributed by atoms with Gasteiger partial charge in [-0.15, -0.1) is 0 Å². The van der Waals surface area contributed by atoms with Crippen LogP contribution in [0.3, 0.4) is 0 Å². The molecular weight excluding hydrogens is 240 g/mol.